The van der Waals surface area contributed by atoms with Crippen molar-refractivity contribution in [1.29, 1.82) is 0 Å². The molecule has 6 nitrogen and oxygen atoms in total. The fourth-order valence-corrected chi connectivity index (χ4v) is 2.13. The Kier molecular flexibility index (Phi) is 4.68. The second kappa shape index (κ2) is 6.47. The number of carbonyl (C=O) groups excluding carboxylic acids is 1. The number of ether oxygens (including phenoxy) is 1. The summed E-state index contributed by atoms with van der Waals surface area (Å²) in [5.74, 6) is 0.624. The SMILES string of the molecule is CCNc1ccc(C(=O)N2CCOCC2CC)nn1. The van der Waals surface area contributed by atoms with Gasteiger partial charge in [0.2, 0.25) is 0 Å². The molecule has 1 aromatic heterocycles. The van der Waals surface area contributed by atoms with E-state index in [1.165, 1.54) is 0 Å². The highest BCUT2D eigenvalue weighted by Gasteiger charge is 2.27. The Morgan fingerprint density at radius 2 is 2.32 bits per heavy atom. The molecule has 19 heavy (non-hydrogen) atoms. The predicted octanol–water partition coefficient (Wildman–Crippen LogP) is 1.16. The molecule has 0 aliphatic carbocycles. The molecule has 0 radical (unpaired) electrons. The van der Waals surface area contributed by atoms with Crippen LogP contribution in [-0.2, 0) is 4.74 Å². The van der Waals surface area contributed by atoms with Crippen LogP contribution in [0.4, 0.5) is 5.82 Å². The van der Waals surface area contributed by atoms with Crippen molar-refractivity contribution in [2.75, 3.05) is 31.6 Å². The maximum Gasteiger partial charge on any atom is 0.274 e. The van der Waals surface area contributed by atoms with Gasteiger partial charge in [0, 0.05) is 13.1 Å². The first-order chi connectivity index (χ1) is 9.26. The van der Waals surface area contributed by atoms with Crippen LogP contribution in [0.2, 0.25) is 0 Å². The Hall–Kier alpha value is -1.69. The molecule has 1 amide bonds. The zero-order valence-electron chi connectivity index (χ0n) is 11.4. The summed E-state index contributed by atoms with van der Waals surface area (Å²) in [7, 11) is 0. The van der Waals surface area contributed by atoms with Crippen LogP contribution in [0.3, 0.4) is 0 Å². The first-order valence-electron chi connectivity index (χ1n) is 6.72. The minimum absolute atomic E-state index is 0.0642. The van der Waals surface area contributed by atoms with E-state index in [1.807, 2.05) is 11.8 Å². The number of hydrogen-bond acceptors (Lipinski definition) is 5. The summed E-state index contributed by atoms with van der Waals surface area (Å²) < 4.78 is 5.40. The maximum atomic E-state index is 12.4. The van der Waals surface area contributed by atoms with E-state index in [0.717, 1.165) is 13.0 Å². The third-order valence-corrected chi connectivity index (χ3v) is 3.20. The third kappa shape index (κ3) is 3.20. The molecule has 1 unspecified atom stereocenters. The van der Waals surface area contributed by atoms with Gasteiger partial charge in [-0.3, -0.25) is 4.79 Å². The zero-order chi connectivity index (χ0) is 13.7. The van der Waals surface area contributed by atoms with Crippen LogP contribution < -0.4 is 5.32 Å². The molecule has 1 N–H and O–H groups in total. The molecule has 6 heteroatoms. The molecule has 0 saturated carbocycles. The summed E-state index contributed by atoms with van der Waals surface area (Å²) in [6.45, 7) is 6.63. The molecular formula is C13H20N4O2. The Labute approximate surface area is 113 Å². The molecule has 2 rings (SSSR count). The van der Waals surface area contributed by atoms with Crippen molar-refractivity contribution >= 4 is 11.7 Å². The average Bonchev–Trinajstić information content (AvgIpc) is 2.47. The first-order valence-corrected chi connectivity index (χ1v) is 6.72. The fraction of sp³-hybridized carbons (Fsp3) is 0.615. The molecule has 1 aliphatic rings. The summed E-state index contributed by atoms with van der Waals surface area (Å²) in [6.07, 6.45) is 0.884. The smallest absolute Gasteiger partial charge is 0.274 e. The van der Waals surface area contributed by atoms with E-state index < -0.39 is 0 Å². The molecule has 0 aromatic carbocycles. The predicted molar refractivity (Wildman–Crippen MR) is 72.1 cm³/mol. The Morgan fingerprint density at radius 3 is 2.95 bits per heavy atom. The quantitative estimate of drug-likeness (QED) is 0.884. The van der Waals surface area contributed by atoms with Crippen LogP contribution in [0.1, 0.15) is 30.8 Å². The molecule has 1 saturated heterocycles. The second-order valence-electron chi connectivity index (χ2n) is 4.47. The second-order valence-corrected chi connectivity index (χ2v) is 4.47. The number of morpholine rings is 1. The van der Waals surface area contributed by atoms with Crippen LogP contribution in [0.5, 0.6) is 0 Å². The number of nitrogens with zero attached hydrogens (tertiary/aromatic N) is 3. The highest BCUT2D eigenvalue weighted by molar-refractivity contribution is 5.92. The number of anilines is 1. The van der Waals surface area contributed by atoms with Gasteiger partial charge in [-0.05, 0) is 25.5 Å². The number of amides is 1. The molecule has 0 spiro atoms. The molecular weight excluding hydrogens is 244 g/mol. The number of nitrogens with one attached hydrogen (secondary N) is 1. The van der Waals surface area contributed by atoms with Crippen LogP contribution in [0.25, 0.3) is 0 Å². The van der Waals surface area contributed by atoms with E-state index in [4.69, 9.17) is 4.74 Å². The van der Waals surface area contributed by atoms with Crippen LogP contribution in [0, 0.1) is 0 Å². The van der Waals surface area contributed by atoms with Crippen molar-refractivity contribution in [1.82, 2.24) is 15.1 Å². The standard InChI is InChI=1S/C13H20N4O2/c1-3-10-9-19-8-7-17(10)13(18)11-5-6-12(14-4-2)16-15-11/h5-6,10H,3-4,7-9H2,1-2H3,(H,14,16). The molecule has 1 aliphatic heterocycles. The molecule has 1 aromatic rings. The Bertz CT molecular complexity index is 421. The maximum absolute atomic E-state index is 12.4. The van der Waals surface area contributed by atoms with Gasteiger partial charge in [-0.2, -0.15) is 0 Å². The van der Waals surface area contributed by atoms with Gasteiger partial charge < -0.3 is 15.0 Å². The van der Waals surface area contributed by atoms with Gasteiger partial charge in [0.05, 0.1) is 19.3 Å². The number of hydrogen-bond donors (Lipinski definition) is 1. The van der Waals surface area contributed by atoms with E-state index in [2.05, 4.69) is 22.4 Å². The topological polar surface area (TPSA) is 67.4 Å². The molecule has 0 bridgehead atoms. The van der Waals surface area contributed by atoms with Gasteiger partial charge in [-0.15, -0.1) is 10.2 Å². The average molecular weight is 264 g/mol. The van der Waals surface area contributed by atoms with Crippen molar-refractivity contribution in [3.63, 3.8) is 0 Å². The van der Waals surface area contributed by atoms with Gasteiger partial charge in [0.15, 0.2) is 5.69 Å². The van der Waals surface area contributed by atoms with Crippen molar-refractivity contribution in [2.45, 2.75) is 26.3 Å². The summed E-state index contributed by atoms with van der Waals surface area (Å²) in [5.41, 5.74) is 0.391. The lowest BCUT2D eigenvalue weighted by atomic mass is 10.1. The normalized spacial score (nSPS) is 19.3. The largest absolute Gasteiger partial charge is 0.377 e. The van der Waals surface area contributed by atoms with E-state index in [0.29, 0.717) is 31.3 Å². The summed E-state index contributed by atoms with van der Waals surface area (Å²) in [4.78, 5) is 14.2. The van der Waals surface area contributed by atoms with E-state index in [-0.39, 0.29) is 11.9 Å². The van der Waals surface area contributed by atoms with Gasteiger partial charge in [0.1, 0.15) is 5.82 Å². The van der Waals surface area contributed by atoms with Gasteiger partial charge in [-0.25, -0.2) is 0 Å². The first kappa shape index (κ1) is 13.7. The molecule has 2 heterocycles. The Morgan fingerprint density at radius 1 is 1.47 bits per heavy atom. The van der Waals surface area contributed by atoms with Crippen molar-refractivity contribution in [3.05, 3.63) is 17.8 Å². The minimum atomic E-state index is -0.0642. The van der Waals surface area contributed by atoms with Gasteiger partial charge in [0.25, 0.3) is 5.91 Å². The van der Waals surface area contributed by atoms with Gasteiger partial charge >= 0.3 is 0 Å². The number of rotatable bonds is 4. The van der Waals surface area contributed by atoms with E-state index in [1.54, 1.807) is 12.1 Å². The highest BCUT2D eigenvalue weighted by atomic mass is 16.5. The van der Waals surface area contributed by atoms with Crippen molar-refractivity contribution < 1.29 is 9.53 Å². The minimum Gasteiger partial charge on any atom is -0.377 e. The monoisotopic (exact) mass is 264 g/mol. The molecule has 104 valence electrons. The number of carbonyl (C=O) groups is 1. The third-order valence-electron chi connectivity index (χ3n) is 3.20. The van der Waals surface area contributed by atoms with Crippen molar-refractivity contribution in [2.24, 2.45) is 0 Å². The van der Waals surface area contributed by atoms with Crippen LogP contribution >= 0.6 is 0 Å². The number of aromatic nitrogens is 2. The Balaban J connectivity index is 2.09. The van der Waals surface area contributed by atoms with E-state index >= 15 is 0 Å². The zero-order valence-corrected chi connectivity index (χ0v) is 11.4. The van der Waals surface area contributed by atoms with Crippen LogP contribution in [-0.4, -0.2) is 53.3 Å². The van der Waals surface area contributed by atoms with Gasteiger partial charge in [-0.1, -0.05) is 6.92 Å². The van der Waals surface area contributed by atoms with E-state index in [9.17, 15) is 4.79 Å². The summed E-state index contributed by atoms with van der Waals surface area (Å²) >= 11 is 0. The summed E-state index contributed by atoms with van der Waals surface area (Å²) in [6, 6.07) is 3.64. The molecule has 1 fully saturated rings. The summed E-state index contributed by atoms with van der Waals surface area (Å²) in [5, 5.41) is 11.0. The van der Waals surface area contributed by atoms with Crippen LogP contribution in [0.15, 0.2) is 12.1 Å². The fourth-order valence-electron chi connectivity index (χ4n) is 2.13. The highest BCUT2D eigenvalue weighted by Crippen LogP contribution is 2.14. The lowest BCUT2D eigenvalue weighted by Crippen LogP contribution is -2.48. The lowest BCUT2D eigenvalue weighted by Gasteiger charge is -2.34. The lowest BCUT2D eigenvalue weighted by molar-refractivity contribution is -0.00316. The molecule has 1 atom stereocenters. The van der Waals surface area contributed by atoms with Crippen molar-refractivity contribution in [3.8, 4) is 0 Å².